The third-order valence-corrected chi connectivity index (χ3v) is 16.7. The van der Waals surface area contributed by atoms with Crippen molar-refractivity contribution in [3.8, 4) is 5.75 Å². The van der Waals surface area contributed by atoms with E-state index in [2.05, 4.69) is 105 Å². The van der Waals surface area contributed by atoms with Crippen LogP contribution in [0.1, 0.15) is 13.8 Å². The van der Waals surface area contributed by atoms with E-state index < -0.39 is 34.5 Å². The number of hydrogen-bond acceptors (Lipinski definition) is 1. The van der Waals surface area contributed by atoms with Gasteiger partial charge in [-0.25, -0.2) is 0 Å². The molecule has 156 valence electrons. The molecule has 0 aliphatic carbocycles. The fourth-order valence-electron chi connectivity index (χ4n) is 3.36. The molecule has 4 aromatic carbocycles. The predicted molar refractivity (Wildman–Crippen MR) is 138 cm³/mol. The molecule has 0 atom stereocenters. The van der Waals surface area contributed by atoms with Crippen LogP contribution in [0.25, 0.3) is 0 Å². The van der Waals surface area contributed by atoms with Crippen molar-refractivity contribution in [3.63, 3.8) is 0 Å². The summed E-state index contributed by atoms with van der Waals surface area (Å²) in [6.45, 7) is 4.47. The van der Waals surface area contributed by atoms with Gasteiger partial charge >= 0.3 is 201 Å². The molecule has 0 aliphatic heterocycles. The van der Waals surface area contributed by atoms with Crippen LogP contribution in [0.5, 0.6) is 5.75 Å². The zero-order chi connectivity index (χ0) is 21.7. The van der Waals surface area contributed by atoms with Crippen LogP contribution in [0.2, 0.25) is 8.87 Å². The van der Waals surface area contributed by atoms with Crippen LogP contribution in [-0.2, 0) is 0 Å². The van der Waals surface area contributed by atoms with Gasteiger partial charge in [0.2, 0.25) is 0 Å². The molecule has 0 heterocycles. The zero-order valence-electron chi connectivity index (χ0n) is 18.4. The van der Waals surface area contributed by atoms with E-state index >= 15 is 0 Å². The summed E-state index contributed by atoms with van der Waals surface area (Å²) in [7, 11) is 0. The summed E-state index contributed by atoms with van der Waals surface area (Å²) in [6, 6.07) is 43.0. The molecule has 0 fully saturated rings. The maximum absolute atomic E-state index is 5.91. The van der Waals surface area contributed by atoms with Crippen molar-refractivity contribution in [2.75, 3.05) is 0 Å². The summed E-state index contributed by atoms with van der Waals surface area (Å²) >= 11 is -3.09. The van der Waals surface area contributed by atoms with Gasteiger partial charge in [0.15, 0.2) is 0 Å². The van der Waals surface area contributed by atoms with Crippen LogP contribution in [0.4, 0.5) is 0 Å². The molecular formula is C28H30GeOSn. The quantitative estimate of drug-likeness (QED) is 0.273. The maximum atomic E-state index is 5.91. The van der Waals surface area contributed by atoms with Crippen molar-refractivity contribution in [1.82, 2.24) is 0 Å². The van der Waals surface area contributed by atoms with Gasteiger partial charge in [0.1, 0.15) is 0 Å². The Balaban J connectivity index is 0.000000196. The molecular weight excluding hydrogens is 544 g/mol. The molecule has 0 bridgehead atoms. The summed E-state index contributed by atoms with van der Waals surface area (Å²) < 4.78 is 13.0. The summed E-state index contributed by atoms with van der Waals surface area (Å²) in [4.78, 5) is 0. The monoisotopic (exact) mass is 576 g/mol. The van der Waals surface area contributed by atoms with E-state index in [0.29, 0.717) is 0 Å². The fraction of sp³-hybridized carbons (Fsp3) is 0.143. The van der Waals surface area contributed by atoms with Gasteiger partial charge in [-0.2, -0.15) is 0 Å². The summed E-state index contributed by atoms with van der Waals surface area (Å²) in [6.07, 6.45) is 0. The van der Waals surface area contributed by atoms with Gasteiger partial charge in [-0.1, -0.05) is 0 Å². The van der Waals surface area contributed by atoms with Gasteiger partial charge in [0.05, 0.1) is 0 Å². The third-order valence-electron chi connectivity index (χ3n) is 4.98. The molecule has 0 amide bonds. The Kier molecular flexibility index (Phi) is 10.3. The molecule has 0 spiro atoms. The summed E-state index contributed by atoms with van der Waals surface area (Å²) in [5.41, 5.74) is 0. The molecule has 3 heteroatoms. The van der Waals surface area contributed by atoms with E-state index in [1.54, 1.807) is 0 Å². The molecule has 0 aliphatic rings. The van der Waals surface area contributed by atoms with E-state index in [1.807, 2.05) is 30.3 Å². The van der Waals surface area contributed by atoms with E-state index in [1.165, 1.54) is 22.1 Å². The Morgan fingerprint density at radius 2 is 0.839 bits per heavy atom. The van der Waals surface area contributed by atoms with E-state index in [4.69, 9.17) is 3.07 Å². The van der Waals surface area contributed by atoms with Crippen molar-refractivity contribution in [3.05, 3.63) is 121 Å². The van der Waals surface area contributed by atoms with Gasteiger partial charge < -0.3 is 0 Å². The van der Waals surface area contributed by atoms with Crippen molar-refractivity contribution in [1.29, 1.82) is 0 Å². The van der Waals surface area contributed by atoms with Crippen LogP contribution in [0, 0.1) is 0 Å². The Bertz CT molecular complexity index is 881. The standard InChI is InChI=1S/C18H15Ge.C6H6O.2C2H5.Sn/c1-4-10-16(11-5-1)19(17-12-6-2-7-13-17)18-14-8-3-9-15-18;7-6-4-2-1-3-5-6;2*1-2;/h1-15H;1-5,7H;2*1H2,2H3;/q;;;;+1/p-1. The molecule has 0 saturated carbocycles. The third kappa shape index (κ3) is 7.58. The van der Waals surface area contributed by atoms with Gasteiger partial charge in [-0.05, 0) is 0 Å². The number of hydrogen-bond donors (Lipinski definition) is 0. The first-order chi connectivity index (χ1) is 15.3. The number of para-hydroxylation sites is 1. The van der Waals surface area contributed by atoms with Gasteiger partial charge in [0, 0.05) is 0 Å². The Morgan fingerprint density at radius 1 is 0.516 bits per heavy atom. The zero-order valence-corrected chi connectivity index (χ0v) is 23.3. The second kappa shape index (κ2) is 13.4. The van der Waals surface area contributed by atoms with Gasteiger partial charge in [-0.3, -0.25) is 0 Å². The first-order valence-electron chi connectivity index (χ1n) is 10.9. The Morgan fingerprint density at radius 3 is 1.16 bits per heavy atom. The molecule has 2 radical (unpaired) electrons. The van der Waals surface area contributed by atoms with E-state index in [-0.39, 0.29) is 0 Å². The number of benzene rings is 4. The molecule has 4 rings (SSSR count). The summed E-state index contributed by atoms with van der Waals surface area (Å²) in [5.74, 6) is 1.07. The molecule has 31 heavy (non-hydrogen) atoms. The van der Waals surface area contributed by atoms with Crippen LogP contribution in [-0.4, -0.2) is 34.5 Å². The minimum absolute atomic E-state index is 1.07. The first-order valence-corrected chi connectivity index (χ1v) is 19.3. The van der Waals surface area contributed by atoms with E-state index in [0.717, 1.165) is 5.75 Å². The second-order valence-electron chi connectivity index (χ2n) is 7.13. The summed E-state index contributed by atoms with van der Waals surface area (Å²) in [5, 5.41) is 0. The second-order valence-corrected chi connectivity index (χ2v) is 20.0. The van der Waals surface area contributed by atoms with E-state index in [9.17, 15) is 0 Å². The number of rotatable bonds is 7. The van der Waals surface area contributed by atoms with Crippen LogP contribution >= 0.6 is 0 Å². The molecule has 1 nitrogen and oxygen atoms in total. The first kappa shape index (κ1) is 23.7. The minimum atomic E-state index is -1.63. The average Bonchev–Trinajstić information content (AvgIpc) is 2.86. The van der Waals surface area contributed by atoms with Crippen molar-refractivity contribution < 1.29 is 3.07 Å². The molecule has 0 unspecified atom stereocenters. The molecule has 0 saturated heterocycles. The fourth-order valence-corrected chi connectivity index (χ4v) is 12.4. The van der Waals surface area contributed by atoms with Crippen LogP contribution in [0.3, 0.4) is 0 Å². The van der Waals surface area contributed by atoms with Gasteiger partial charge in [0.25, 0.3) is 0 Å². The topological polar surface area (TPSA) is 9.23 Å². The Labute approximate surface area is 199 Å². The molecule has 4 aromatic rings. The molecule has 0 aromatic heterocycles. The predicted octanol–water partition coefficient (Wildman–Crippen LogP) is 5.30. The average molecular weight is 574 g/mol. The molecule has 0 N–H and O–H groups in total. The van der Waals surface area contributed by atoms with Crippen LogP contribution in [0.15, 0.2) is 121 Å². The SMILES string of the molecule is C[CH2][Sn]([CH2]C)[O]c1ccccc1.c1cc[c]([Ge]([c]2ccccc2)[c]2ccccc2)cc1. The van der Waals surface area contributed by atoms with Crippen molar-refractivity contribution in [2.24, 2.45) is 0 Å². The van der Waals surface area contributed by atoms with Gasteiger partial charge in [-0.15, -0.1) is 0 Å². The normalized spacial score (nSPS) is 10.5. The Hall–Kier alpha value is -1.98. The van der Waals surface area contributed by atoms with Crippen molar-refractivity contribution in [2.45, 2.75) is 22.7 Å². The van der Waals surface area contributed by atoms with Crippen LogP contribution < -0.4 is 16.3 Å². The van der Waals surface area contributed by atoms with Crippen molar-refractivity contribution >= 4 is 47.7 Å².